The number of halogens is 1. The minimum atomic E-state index is -0.742. The molecular weight excluding hydrogens is 289 g/mol. The predicted octanol–water partition coefficient (Wildman–Crippen LogP) is 2.27. The van der Waals surface area contributed by atoms with Gasteiger partial charge >= 0.3 is 5.97 Å². The van der Waals surface area contributed by atoms with Gasteiger partial charge in [-0.05, 0) is 30.3 Å². The molecule has 22 heavy (non-hydrogen) atoms. The quantitative estimate of drug-likeness (QED) is 0.647. The van der Waals surface area contributed by atoms with E-state index >= 15 is 0 Å². The number of benzene rings is 2. The van der Waals surface area contributed by atoms with Crippen molar-refractivity contribution in [1.82, 2.24) is 0 Å². The molecule has 0 atom stereocenters. The fraction of sp³-hybridized carbons (Fsp3) is 0.0625. The number of phenols is 1. The van der Waals surface area contributed by atoms with Gasteiger partial charge in [0, 0.05) is 23.6 Å². The lowest BCUT2D eigenvalue weighted by Crippen LogP contribution is -2.28. The van der Waals surface area contributed by atoms with E-state index < -0.39 is 17.7 Å². The highest BCUT2D eigenvalue weighted by atomic mass is 19.1. The molecule has 1 amide bonds. The SMILES string of the molecule is O=C1Oc2cc(O)ccc2CC1=NC(=O)c1ccc(F)cc1. The van der Waals surface area contributed by atoms with E-state index in [0.29, 0.717) is 5.56 Å². The van der Waals surface area contributed by atoms with Crippen LogP contribution in [0.5, 0.6) is 11.5 Å². The Kier molecular flexibility index (Phi) is 3.42. The molecule has 0 fully saturated rings. The first-order valence-electron chi connectivity index (χ1n) is 6.44. The minimum Gasteiger partial charge on any atom is -0.508 e. The maximum absolute atomic E-state index is 12.8. The molecule has 0 unspecified atom stereocenters. The average Bonchev–Trinajstić information content (AvgIpc) is 2.49. The Morgan fingerprint density at radius 3 is 2.64 bits per heavy atom. The maximum Gasteiger partial charge on any atom is 0.358 e. The van der Waals surface area contributed by atoms with E-state index in [0.717, 1.165) is 12.1 Å². The Hall–Kier alpha value is -3.02. The summed E-state index contributed by atoms with van der Waals surface area (Å²) in [4.78, 5) is 27.6. The molecule has 1 heterocycles. The summed E-state index contributed by atoms with van der Waals surface area (Å²) in [7, 11) is 0. The van der Waals surface area contributed by atoms with Gasteiger partial charge in [-0.3, -0.25) is 4.79 Å². The van der Waals surface area contributed by atoms with Gasteiger partial charge in [-0.1, -0.05) is 6.07 Å². The zero-order chi connectivity index (χ0) is 15.7. The van der Waals surface area contributed by atoms with E-state index in [1.165, 1.54) is 24.3 Å². The van der Waals surface area contributed by atoms with Crippen molar-refractivity contribution in [3.63, 3.8) is 0 Å². The first-order valence-corrected chi connectivity index (χ1v) is 6.44. The van der Waals surface area contributed by atoms with Crippen LogP contribution in [-0.4, -0.2) is 22.7 Å². The highest BCUT2D eigenvalue weighted by Crippen LogP contribution is 2.28. The topological polar surface area (TPSA) is 76.0 Å². The summed E-state index contributed by atoms with van der Waals surface area (Å²) in [6.07, 6.45) is 0.126. The second-order valence-corrected chi connectivity index (χ2v) is 4.73. The monoisotopic (exact) mass is 299 g/mol. The number of carbonyl (C=O) groups is 2. The van der Waals surface area contributed by atoms with Crippen molar-refractivity contribution < 1.29 is 23.8 Å². The molecule has 6 heteroatoms. The number of hydrogen-bond donors (Lipinski definition) is 1. The van der Waals surface area contributed by atoms with Crippen molar-refractivity contribution in [3.8, 4) is 11.5 Å². The zero-order valence-corrected chi connectivity index (χ0v) is 11.2. The Labute approximate surface area is 124 Å². The summed E-state index contributed by atoms with van der Waals surface area (Å²) in [5.41, 5.74) is 0.786. The van der Waals surface area contributed by atoms with E-state index in [2.05, 4.69) is 4.99 Å². The minimum absolute atomic E-state index is 0.0191. The molecule has 0 saturated carbocycles. The molecule has 0 bridgehead atoms. The number of fused-ring (bicyclic) bond motifs is 1. The fourth-order valence-corrected chi connectivity index (χ4v) is 2.06. The van der Waals surface area contributed by atoms with Crippen molar-refractivity contribution in [3.05, 3.63) is 59.4 Å². The molecule has 1 N–H and O–H groups in total. The molecule has 0 radical (unpaired) electrons. The van der Waals surface area contributed by atoms with Gasteiger partial charge in [0.15, 0.2) is 0 Å². The number of aliphatic imine (C=N–C) groups is 1. The van der Waals surface area contributed by atoms with Gasteiger partial charge in [-0.25, -0.2) is 14.2 Å². The van der Waals surface area contributed by atoms with E-state index in [-0.39, 0.29) is 29.2 Å². The van der Waals surface area contributed by atoms with Gasteiger partial charge in [0.2, 0.25) is 0 Å². The molecule has 110 valence electrons. The van der Waals surface area contributed by atoms with Crippen LogP contribution in [0.25, 0.3) is 0 Å². The van der Waals surface area contributed by atoms with Crippen LogP contribution in [0.1, 0.15) is 15.9 Å². The Morgan fingerprint density at radius 2 is 1.91 bits per heavy atom. The van der Waals surface area contributed by atoms with Crippen molar-refractivity contribution in [2.75, 3.05) is 0 Å². The second-order valence-electron chi connectivity index (χ2n) is 4.73. The number of phenolic OH excluding ortho intramolecular Hbond substituents is 1. The lowest BCUT2D eigenvalue weighted by atomic mass is 10.0. The largest absolute Gasteiger partial charge is 0.508 e. The van der Waals surface area contributed by atoms with Crippen molar-refractivity contribution in [2.45, 2.75) is 6.42 Å². The smallest absolute Gasteiger partial charge is 0.358 e. The first kappa shape index (κ1) is 13.9. The molecule has 3 rings (SSSR count). The number of nitrogens with zero attached hydrogens (tertiary/aromatic N) is 1. The standard InChI is InChI=1S/C16H10FNO4/c17-11-4-1-9(2-5-11)15(20)18-13-7-10-3-6-12(19)8-14(10)22-16(13)21/h1-6,8,19H,7H2. The maximum atomic E-state index is 12.8. The van der Waals surface area contributed by atoms with Crippen molar-refractivity contribution in [1.29, 1.82) is 0 Å². The van der Waals surface area contributed by atoms with Crippen LogP contribution >= 0.6 is 0 Å². The van der Waals surface area contributed by atoms with Gasteiger partial charge in [-0.15, -0.1) is 0 Å². The summed E-state index contributed by atoms with van der Waals surface area (Å²) in [5.74, 6) is -1.62. The summed E-state index contributed by atoms with van der Waals surface area (Å²) in [6.45, 7) is 0. The zero-order valence-electron chi connectivity index (χ0n) is 11.2. The molecule has 1 aliphatic rings. The normalized spacial score (nSPS) is 15.3. The van der Waals surface area contributed by atoms with Crippen LogP contribution in [0.3, 0.4) is 0 Å². The van der Waals surface area contributed by atoms with Gasteiger partial charge < -0.3 is 9.84 Å². The predicted molar refractivity (Wildman–Crippen MR) is 75.6 cm³/mol. The van der Waals surface area contributed by atoms with E-state index in [1.807, 2.05) is 0 Å². The number of rotatable bonds is 1. The van der Waals surface area contributed by atoms with E-state index in [4.69, 9.17) is 4.74 Å². The molecule has 0 aromatic heterocycles. The third kappa shape index (κ3) is 2.71. The fourth-order valence-electron chi connectivity index (χ4n) is 2.06. The van der Waals surface area contributed by atoms with Crippen LogP contribution in [0.4, 0.5) is 4.39 Å². The molecule has 1 aliphatic heterocycles. The highest BCUT2D eigenvalue weighted by Gasteiger charge is 2.25. The third-order valence-corrected chi connectivity index (χ3v) is 3.17. The van der Waals surface area contributed by atoms with Crippen LogP contribution in [0.15, 0.2) is 47.5 Å². The molecular formula is C16H10FNO4. The molecule has 0 saturated heterocycles. The first-order chi connectivity index (χ1) is 10.5. The molecule has 5 nitrogen and oxygen atoms in total. The summed E-state index contributed by atoms with van der Waals surface area (Å²) in [5, 5.41) is 9.35. The Morgan fingerprint density at radius 1 is 1.18 bits per heavy atom. The van der Waals surface area contributed by atoms with Crippen molar-refractivity contribution in [2.24, 2.45) is 4.99 Å². The third-order valence-electron chi connectivity index (χ3n) is 3.17. The number of hydrogen-bond acceptors (Lipinski definition) is 4. The van der Waals surface area contributed by atoms with Crippen LogP contribution < -0.4 is 4.74 Å². The number of amides is 1. The summed E-state index contributed by atoms with van der Waals surface area (Å²) in [6, 6.07) is 9.25. The van der Waals surface area contributed by atoms with Crippen LogP contribution in [-0.2, 0) is 11.2 Å². The lowest BCUT2D eigenvalue weighted by Gasteiger charge is -2.16. The average molecular weight is 299 g/mol. The molecule has 2 aromatic rings. The lowest BCUT2D eigenvalue weighted by molar-refractivity contribution is -0.127. The molecule has 0 aliphatic carbocycles. The molecule has 2 aromatic carbocycles. The number of carbonyl (C=O) groups excluding carboxylic acids is 2. The number of esters is 1. The van der Waals surface area contributed by atoms with Gasteiger partial charge in [0.25, 0.3) is 5.91 Å². The summed E-state index contributed by atoms with van der Waals surface area (Å²) >= 11 is 0. The van der Waals surface area contributed by atoms with Gasteiger partial charge in [0.1, 0.15) is 23.0 Å². The van der Waals surface area contributed by atoms with Gasteiger partial charge in [0.05, 0.1) is 0 Å². The highest BCUT2D eigenvalue weighted by molar-refractivity contribution is 6.40. The van der Waals surface area contributed by atoms with Crippen LogP contribution in [0.2, 0.25) is 0 Å². The van der Waals surface area contributed by atoms with E-state index in [1.54, 1.807) is 6.07 Å². The van der Waals surface area contributed by atoms with Crippen LogP contribution in [0, 0.1) is 5.82 Å². The number of ether oxygens (including phenoxy) is 1. The Balaban J connectivity index is 1.88. The molecule has 0 spiro atoms. The Bertz CT molecular complexity index is 796. The second kappa shape index (κ2) is 5.40. The van der Waals surface area contributed by atoms with Crippen molar-refractivity contribution >= 4 is 17.6 Å². The van der Waals surface area contributed by atoms with Gasteiger partial charge in [-0.2, -0.15) is 0 Å². The number of aromatic hydroxyl groups is 1. The van der Waals surface area contributed by atoms with E-state index in [9.17, 15) is 19.1 Å². The summed E-state index contributed by atoms with van der Waals surface area (Å²) < 4.78 is 17.9.